The molecule has 2 unspecified atom stereocenters. The van der Waals surface area contributed by atoms with Crippen LogP contribution in [0.15, 0.2) is 0 Å². The third-order valence-electron chi connectivity index (χ3n) is 4.18. The van der Waals surface area contributed by atoms with Gasteiger partial charge in [0.1, 0.15) is 0 Å². The average molecular weight is 284 g/mol. The van der Waals surface area contributed by atoms with E-state index in [0.717, 1.165) is 6.42 Å². The molecule has 3 heteroatoms. The summed E-state index contributed by atoms with van der Waals surface area (Å²) in [6.07, 6.45) is 0.979. The highest BCUT2D eigenvalue weighted by Crippen LogP contribution is 2.48. The minimum absolute atomic E-state index is 0.0170. The Labute approximate surface area is 124 Å². The quantitative estimate of drug-likeness (QED) is 0.711. The number of carbonyl (C=O) groups is 1. The minimum atomic E-state index is -0.121. The van der Waals surface area contributed by atoms with E-state index >= 15 is 0 Å². The van der Waals surface area contributed by atoms with Crippen molar-refractivity contribution in [3.63, 3.8) is 0 Å². The van der Waals surface area contributed by atoms with Crippen molar-refractivity contribution < 1.29 is 14.3 Å². The molecule has 1 fully saturated rings. The lowest BCUT2D eigenvalue weighted by Crippen LogP contribution is -2.44. The van der Waals surface area contributed by atoms with Crippen LogP contribution in [-0.4, -0.2) is 19.4 Å². The second kappa shape index (κ2) is 5.67. The third-order valence-corrected chi connectivity index (χ3v) is 4.18. The molecule has 0 spiro atoms. The van der Waals surface area contributed by atoms with Gasteiger partial charge in [0.15, 0.2) is 6.79 Å². The first-order valence-electron chi connectivity index (χ1n) is 7.59. The van der Waals surface area contributed by atoms with E-state index in [9.17, 15) is 4.79 Å². The van der Waals surface area contributed by atoms with E-state index in [4.69, 9.17) is 9.47 Å². The van der Waals surface area contributed by atoms with E-state index in [1.165, 1.54) is 0 Å². The van der Waals surface area contributed by atoms with Gasteiger partial charge in [-0.3, -0.25) is 4.79 Å². The Morgan fingerprint density at radius 1 is 1.05 bits per heavy atom. The predicted molar refractivity (Wildman–Crippen MR) is 81.2 cm³/mol. The average Bonchev–Trinajstić information content (AvgIpc) is 2.35. The molecular weight excluding hydrogens is 252 g/mol. The molecular formula is C17H32O3. The lowest BCUT2D eigenvalue weighted by atomic mass is 9.60. The Bertz CT molecular complexity index is 344. The number of hydrogen-bond acceptors (Lipinski definition) is 3. The summed E-state index contributed by atoms with van der Waals surface area (Å²) in [4.78, 5) is 12.5. The van der Waals surface area contributed by atoms with Gasteiger partial charge in [-0.1, -0.05) is 55.4 Å². The topological polar surface area (TPSA) is 35.5 Å². The maximum absolute atomic E-state index is 12.5. The first-order chi connectivity index (χ1) is 8.84. The zero-order valence-corrected chi connectivity index (χ0v) is 14.5. The van der Waals surface area contributed by atoms with Crippen molar-refractivity contribution >= 4 is 5.97 Å². The third kappa shape index (κ3) is 4.47. The lowest BCUT2D eigenvalue weighted by molar-refractivity contribution is -0.160. The molecule has 0 radical (unpaired) electrons. The fourth-order valence-electron chi connectivity index (χ4n) is 3.72. The molecule has 0 bridgehead atoms. The van der Waals surface area contributed by atoms with Gasteiger partial charge in [-0.25, -0.2) is 0 Å². The zero-order chi connectivity index (χ0) is 15.8. The van der Waals surface area contributed by atoms with Gasteiger partial charge < -0.3 is 9.47 Å². The Hall–Kier alpha value is -0.570. The molecule has 1 saturated heterocycles. The zero-order valence-electron chi connectivity index (χ0n) is 14.5. The van der Waals surface area contributed by atoms with Crippen LogP contribution in [0, 0.1) is 28.1 Å². The van der Waals surface area contributed by atoms with Gasteiger partial charge in [0.2, 0.25) is 0 Å². The molecule has 0 aromatic carbocycles. The first-order valence-corrected chi connectivity index (χ1v) is 7.59. The summed E-state index contributed by atoms with van der Waals surface area (Å²) in [5.74, 6) is -0.0456. The molecule has 3 nitrogen and oxygen atoms in total. The molecule has 0 N–H and O–H groups in total. The van der Waals surface area contributed by atoms with E-state index < -0.39 is 0 Å². The molecule has 20 heavy (non-hydrogen) atoms. The number of rotatable bonds is 2. The second-order valence-electron chi connectivity index (χ2n) is 9.13. The number of esters is 1. The Balaban J connectivity index is 3.13. The van der Waals surface area contributed by atoms with Crippen LogP contribution >= 0.6 is 0 Å². The summed E-state index contributed by atoms with van der Waals surface area (Å²) in [7, 11) is 0. The van der Waals surface area contributed by atoms with Crippen molar-refractivity contribution in [2.24, 2.45) is 28.1 Å². The van der Waals surface area contributed by atoms with Crippen molar-refractivity contribution in [1.29, 1.82) is 0 Å². The summed E-state index contributed by atoms with van der Waals surface area (Å²) >= 11 is 0. The maximum Gasteiger partial charge on any atom is 0.311 e. The van der Waals surface area contributed by atoms with Crippen molar-refractivity contribution in [3.05, 3.63) is 0 Å². The monoisotopic (exact) mass is 284 g/mol. The van der Waals surface area contributed by atoms with Crippen molar-refractivity contribution in [2.75, 3.05) is 13.4 Å². The van der Waals surface area contributed by atoms with E-state index in [1.54, 1.807) is 0 Å². The number of carbonyl (C=O) groups excluding carboxylic acids is 1. The van der Waals surface area contributed by atoms with Gasteiger partial charge in [-0.2, -0.15) is 0 Å². The van der Waals surface area contributed by atoms with Crippen LogP contribution in [0.25, 0.3) is 0 Å². The molecule has 2 atom stereocenters. The molecule has 1 aliphatic heterocycles. The largest absolute Gasteiger partial charge is 0.438 e. The molecule has 1 rings (SSSR count). The molecule has 1 heterocycles. The standard InChI is InChI=1S/C17H32O3/c1-15(2,3)10-17(7,8)13-12(16(4,5)6)9-19-11-20-14(13)18/h12-13H,9-11H2,1-8H3. The summed E-state index contributed by atoms with van der Waals surface area (Å²) in [5, 5.41) is 0. The lowest BCUT2D eigenvalue weighted by Gasteiger charge is -2.44. The SMILES string of the molecule is CC(C)(C)CC(C)(C)C1C(=O)OCOCC1C(C)(C)C. The summed E-state index contributed by atoms with van der Waals surface area (Å²) in [6.45, 7) is 18.3. The molecule has 0 aromatic rings. The van der Waals surface area contributed by atoms with Crippen molar-refractivity contribution in [1.82, 2.24) is 0 Å². The Morgan fingerprint density at radius 2 is 1.60 bits per heavy atom. The maximum atomic E-state index is 12.5. The molecule has 1 aliphatic rings. The molecule has 118 valence electrons. The number of hydrogen-bond donors (Lipinski definition) is 0. The van der Waals surface area contributed by atoms with E-state index in [-0.39, 0.29) is 40.8 Å². The normalized spacial score (nSPS) is 26.1. The summed E-state index contributed by atoms with van der Waals surface area (Å²) in [6, 6.07) is 0. The Morgan fingerprint density at radius 3 is 2.05 bits per heavy atom. The van der Waals surface area contributed by atoms with Crippen LogP contribution in [0.2, 0.25) is 0 Å². The highest BCUT2D eigenvalue weighted by Gasteiger charge is 2.48. The fraction of sp³-hybridized carbons (Fsp3) is 0.941. The van der Waals surface area contributed by atoms with Crippen LogP contribution in [0.3, 0.4) is 0 Å². The van der Waals surface area contributed by atoms with E-state index in [0.29, 0.717) is 6.61 Å². The van der Waals surface area contributed by atoms with Crippen LogP contribution in [-0.2, 0) is 14.3 Å². The summed E-state index contributed by atoms with van der Waals surface area (Å²) in [5.41, 5.74) is 0.0868. The van der Waals surface area contributed by atoms with Crippen molar-refractivity contribution in [2.45, 2.75) is 61.8 Å². The van der Waals surface area contributed by atoms with Gasteiger partial charge >= 0.3 is 5.97 Å². The molecule has 0 aromatic heterocycles. The minimum Gasteiger partial charge on any atom is -0.438 e. The first kappa shape index (κ1) is 17.5. The predicted octanol–water partition coefficient (Wildman–Crippen LogP) is 4.26. The number of ether oxygens (including phenoxy) is 2. The van der Waals surface area contributed by atoms with Gasteiger partial charge in [0.05, 0.1) is 12.5 Å². The fourth-order valence-corrected chi connectivity index (χ4v) is 3.72. The second-order valence-corrected chi connectivity index (χ2v) is 9.13. The molecule has 0 amide bonds. The number of cyclic esters (lactones) is 1. The molecule has 0 aliphatic carbocycles. The highest BCUT2D eigenvalue weighted by molar-refractivity contribution is 5.74. The van der Waals surface area contributed by atoms with E-state index in [1.807, 2.05) is 0 Å². The molecule has 0 saturated carbocycles. The van der Waals surface area contributed by atoms with Gasteiger partial charge in [-0.15, -0.1) is 0 Å². The van der Waals surface area contributed by atoms with Gasteiger partial charge in [0.25, 0.3) is 0 Å². The van der Waals surface area contributed by atoms with Crippen LogP contribution in [0.4, 0.5) is 0 Å². The van der Waals surface area contributed by atoms with Crippen LogP contribution < -0.4 is 0 Å². The highest BCUT2D eigenvalue weighted by atomic mass is 16.7. The smallest absolute Gasteiger partial charge is 0.311 e. The summed E-state index contributed by atoms with van der Waals surface area (Å²) < 4.78 is 10.8. The van der Waals surface area contributed by atoms with Crippen LogP contribution in [0.1, 0.15) is 61.8 Å². The van der Waals surface area contributed by atoms with Crippen molar-refractivity contribution in [3.8, 4) is 0 Å². The van der Waals surface area contributed by atoms with E-state index in [2.05, 4.69) is 55.4 Å². The van der Waals surface area contributed by atoms with Gasteiger partial charge in [0, 0.05) is 5.92 Å². The van der Waals surface area contributed by atoms with Gasteiger partial charge in [-0.05, 0) is 22.7 Å². The Kier molecular flexibility index (Phi) is 4.95. The van der Waals surface area contributed by atoms with Crippen LogP contribution in [0.5, 0.6) is 0 Å².